The monoisotopic (exact) mass is 236 g/mol. The van der Waals surface area contributed by atoms with Crippen molar-refractivity contribution in [2.45, 2.75) is 26.7 Å². The highest BCUT2D eigenvalue weighted by atomic mass is 16.5. The summed E-state index contributed by atoms with van der Waals surface area (Å²) in [7, 11) is 0. The Bertz CT molecular complexity index is 336. The van der Waals surface area contributed by atoms with Crippen LogP contribution in [0.4, 0.5) is 4.79 Å². The fourth-order valence-corrected chi connectivity index (χ4v) is 1.45. The molecule has 4 nitrogen and oxygen atoms in total. The van der Waals surface area contributed by atoms with Crippen molar-refractivity contribution in [3.63, 3.8) is 0 Å². The van der Waals surface area contributed by atoms with Crippen LogP contribution >= 0.6 is 0 Å². The molecule has 0 aliphatic rings. The second-order valence-electron chi connectivity index (χ2n) is 3.72. The Balaban J connectivity index is 2.29. The minimum Gasteiger partial charge on any atom is -0.473 e. The Kier molecular flexibility index (Phi) is 5.93. The molecule has 4 heteroatoms. The Hall–Kier alpha value is -1.71. The lowest BCUT2D eigenvalue weighted by atomic mass is 10.1. The lowest BCUT2D eigenvalue weighted by molar-refractivity contribution is 0.224. The number of benzene rings is 1. The number of ether oxygens (including phenoxy) is 1. The minimum atomic E-state index is -0.213. The first-order valence-electron chi connectivity index (χ1n) is 5.99. The van der Waals surface area contributed by atoms with E-state index in [1.807, 2.05) is 31.2 Å². The predicted octanol–water partition coefficient (Wildman–Crippen LogP) is 2.29. The number of carbonyl (C=O) groups is 1. The molecule has 0 spiro atoms. The quantitative estimate of drug-likeness (QED) is 0.745. The van der Waals surface area contributed by atoms with Crippen LogP contribution in [0.3, 0.4) is 0 Å². The molecule has 94 valence electrons. The van der Waals surface area contributed by atoms with Gasteiger partial charge >= 0.3 is 6.03 Å². The fraction of sp³-hybridized carbons (Fsp3) is 0.462. The second-order valence-corrected chi connectivity index (χ2v) is 3.72. The summed E-state index contributed by atoms with van der Waals surface area (Å²) in [6.07, 6.45) is 2.22. The van der Waals surface area contributed by atoms with Gasteiger partial charge in [-0.05, 0) is 31.0 Å². The van der Waals surface area contributed by atoms with Crippen molar-refractivity contribution < 1.29 is 9.53 Å². The minimum absolute atomic E-state index is 0.180. The summed E-state index contributed by atoms with van der Waals surface area (Å²) in [6.45, 7) is 4.81. The number of carbonyl (C=O) groups excluding carboxylic acids is 1. The molecule has 1 aromatic rings. The molecular weight excluding hydrogens is 216 g/mol. The molecule has 0 aliphatic carbocycles. The van der Waals surface area contributed by atoms with Gasteiger partial charge in [0.25, 0.3) is 0 Å². The molecule has 0 aliphatic heterocycles. The zero-order valence-corrected chi connectivity index (χ0v) is 10.5. The van der Waals surface area contributed by atoms with Gasteiger partial charge in [-0.3, -0.25) is 0 Å². The van der Waals surface area contributed by atoms with Crippen molar-refractivity contribution in [2.75, 3.05) is 13.3 Å². The van der Waals surface area contributed by atoms with Crippen LogP contribution in [0.5, 0.6) is 5.75 Å². The number of amides is 2. The fourth-order valence-electron chi connectivity index (χ4n) is 1.45. The van der Waals surface area contributed by atoms with E-state index in [0.717, 1.165) is 18.6 Å². The molecule has 1 rings (SSSR count). The second kappa shape index (κ2) is 7.54. The summed E-state index contributed by atoms with van der Waals surface area (Å²) in [5.74, 6) is 0.765. The van der Waals surface area contributed by atoms with Crippen molar-refractivity contribution in [3.8, 4) is 5.75 Å². The average molecular weight is 236 g/mol. The SMILES string of the molecule is CCCc1ccc(OCNC(=O)NCC)cc1. The van der Waals surface area contributed by atoms with Crippen LogP contribution in [0, 0.1) is 0 Å². The zero-order valence-electron chi connectivity index (χ0n) is 10.5. The van der Waals surface area contributed by atoms with E-state index in [1.165, 1.54) is 5.56 Å². The first-order chi connectivity index (χ1) is 8.26. The zero-order chi connectivity index (χ0) is 12.5. The van der Waals surface area contributed by atoms with E-state index in [0.29, 0.717) is 6.54 Å². The van der Waals surface area contributed by atoms with Gasteiger partial charge in [-0.1, -0.05) is 25.5 Å². The number of urea groups is 1. The Morgan fingerprint density at radius 2 is 1.88 bits per heavy atom. The van der Waals surface area contributed by atoms with E-state index < -0.39 is 0 Å². The molecule has 0 heterocycles. The summed E-state index contributed by atoms with van der Waals surface area (Å²) < 4.78 is 5.38. The van der Waals surface area contributed by atoms with E-state index in [1.54, 1.807) is 0 Å². The van der Waals surface area contributed by atoms with Crippen molar-refractivity contribution in [3.05, 3.63) is 29.8 Å². The molecule has 0 aromatic heterocycles. The number of hydrogen-bond donors (Lipinski definition) is 2. The summed E-state index contributed by atoms with van der Waals surface area (Å²) in [5.41, 5.74) is 1.30. The summed E-state index contributed by atoms with van der Waals surface area (Å²) >= 11 is 0. The third-order valence-corrected chi connectivity index (χ3v) is 2.27. The molecule has 2 amide bonds. The Morgan fingerprint density at radius 1 is 1.18 bits per heavy atom. The van der Waals surface area contributed by atoms with Gasteiger partial charge in [-0.2, -0.15) is 0 Å². The van der Waals surface area contributed by atoms with Gasteiger partial charge in [-0.25, -0.2) is 4.79 Å². The maximum Gasteiger partial charge on any atom is 0.317 e. The molecule has 0 atom stereocenters. The average Bonchev–Trinajstić information content (AvgIpc) is 2.32. The van der Waals surface area contributed by atoms with Crippen molar-refractivity contribution >= 4 is 6.03 Å². The highest BCUT2D eigenvalue weighted by Crippen LogP contribution is 2.12. The topological polar surface area (TPSA) is 50.4 Å². The number of aryl methyl sites for hydroxylation is 1. The van der Waals surface area contributed by atoms with Crippen LogP contribution in [-0.4, -0.2) is 19.3 Å². The molecule has 0 fully saturated rings. The molecule has 2 N–H and O–H groups in total. The summed E-state index contributed by atoms with van der Waals surface area (Å²) in [5, 5.41) is 5.23. The van der Waals surface area contributed by atoms with Crippen LogP contribution in [0.1, 0.15) is 25.8 Å². The van der Waals surface area contributed by atoms with Gasteiger partial charge in [0.1, 0.15) is 5.75 Å². The van der Waals surface area contributed by atoms with Crippen LogP contribution in [0.25, 0.3) is 0 Å². The molecule has 17 heavy (non-hydrogen) atoms. The predicted molar refractivity (Wildman–Crippen MR) is 68.1 cm³/mol. The Morgan fingerprint density at radius 3 is 2.47 bits per heavy atom. The molecule has 0 radical (unpaired) electrons. The van der Waals surface area contributed by atoms with Crippen LogP contribution in [-0.2, 0) is 6.42 Å². The van der Waals surface area contributed by atoms with Crippen LogP contribution in [0.2, 0.25) is 0 Å². The maximum absolute atomic E-state index is 11.1. The van der Waals surface area contributed by atoms with Crippen LogP contribution < -0.4 is 15.4 Å². The molecule has 0 saturated carbocycles. The van der Waals surface area contributed by atoms with E-state index in [9.17, 15) is 4.79 Å². The number of rotatable bonds is 6. The van der Waals surface area contributed by atoms with Gasteiger partial charge in [0.15, 0.2) is 6.73 Å². The lowest BCUT2D eigenvalue weighted by Crippen LogP contribution is -2.37. The normalized spacial score (nSPS) is 9.76. The first-order valence-corrected chi connectivity index (χ1v) is 5.99. The molecule has 0 saturated heterocycles. The van der Waals surface area contributed by atoms with Gasteiger partial charge in [-0.15, -0.1) is 0 Å². The molecular formula is C13H20N2O2. The standard InChI is InChI=1S/C13H20N2O2/c1-3-5-11-6-8-12(9-7-11)17-10-15-13(16)14-4-2/h6-9H,3-5,10H2,1-2H3,(H2,14,15,16). The first kappa shape index (κ1) is 13.4. The van der Waals surface area contributed by atoms with Crippen molar-refractivity contribution in [2.24, 2.45) is 0 Å². The van der Waals surface area contributed by atoms with Crippen molar-refractivity contribution in [1.82, 2.24) is 10.6 Å². The van der Waals surface area contributed by atoms with E-state index >= 15 is 0 Å². The molecule has 1 aromatic carbocycles. The largest absolute Gasteiger partial charge is 0.473 e. The number of hydrogen-bond acceptors (Lipinski definition) is 2. The molecule has 0 bridgehead atoms. The van der Waals surface area contributed by atoms with Gasteiger partial charge in [0, 0.05) is 6.54 Å². The van der Waals surface area contributed by atoms with Gasteiger partial charge in [0.05, 0.1) is 0 Å². The van der Waals surface area contributed by atoms with Gasteiger partial charge in [0.2, 0.25) is 0 Å². The Labute approximate surface area is 102 Å². The van der Waals surface area contributed by atoms with E-state index in [2.05, 4.69) is 17.6 Å². The highest BCUT2D eigenvalue weighted by Gasteiger charge is 1.98. The van der Waals surface area contributed by atoms with Crippen LogP contribution in [0.15, 0.2) is 24.3 Å². The number of nitrogens with one attached hydrogen (secondary N) is 2. The summed E-state index contributed by atoms with van der Waals surface area (Å²) in [4.78, 5) is 11.1. The smallest absolute Gasteiger partial charge is 0.317 e. The molecule has 0 unspecified atom stereocenters. The van der Waals surface area contributed by atoms with Crippen molar-refractivity contribution in [1.29, 1.82) is 0 Å². The third kappa shape index (κ3) is 5.24. The van der Waals surface area contributed by atoms with E-state index in [4.69, 9.17) is 4.74 Å². The summed E-state index contributed by atoms with van der Waals surface area (Å²) in [6, 6.07) is 7.72. The maximum atomic E-state index is 11.1. The van der Waals surface area contributed by atoms with Gasteiger partial charge < -0.3 is 15.4 Å². The third-order valence-electron chi connectivity index (χ3n) is 2.27. The van der Waals surface area contributed by atoms with E-state index in [-0.39, 0.29) is 12.8 Å². The lowest BCUT2D eigenvalue weighted by Gasteiger charge is -2.08. The highest BCUT2D eigenvalue weighted by molar-refractivity contribution is 5.73.